The molecule has 0 spiro atoms. The Morgan fingerprint density at radius 2 is 1.94 bits per heavy atom. The van der Waals surface area contributed by atoms with E-state index in [4.69, 9.17) is 5.11 Å². The van der Waals surface area contributed by atoms with Gasteiger partial charge >= 0.3 is 0 Å². The van der Waals surface area contributed by atoms with Crippen LogP contribution in [0.4, 0.5) is 0 Å². The van der Waals surface area contributed by atoms with E-state index in [9.17, 15) is 4.79 Å². The minimum Gasteiger partial charge on any atom is -0.396 e. The van der Waals surface area contributed by atoms with Crippen LogP contribution in [0.25, 0.3) is 0 Å². The summed E-state index contributed by atoms with van der Waals surface area (Å²) in [4.78, 5) is 11.9. The molecule has 0 aromatic rings. The van der Waals surface area contributed by atoms with Gasteiger partial charge in [-0.2, -0.15) is 0 Å². The monoisotopic (exact) mass is 243 g/mol. The summed E-state index contributed by atoms with van der Waals surface area (Å²) in [5.41, 5.74) is -0.290. The first kappa shape index (κ1) is 16.4. The van der Waals surface area contributed by atoms with Gasteiger partial charge in [0.25, 0.3) is 0 Å². The molecule has 1 unspecified atom stereocenters. The van der Waals surface area contributed by atoms with E-state index in [0.717, 1.165) is 19.3 Å². The Balaban J connectivity index is 4.16. The van der Waals surface area contributed by atoms with E-state index in [1.807, 2.05) is 20.8 Å². The number of nitrogens with one attached hydrogen (secondary N) is 1. The average Bonchev–Trinajstić information content (AvgIpc) is 2.25. The second-order valence-corrected chi connectivity index (χ2v) is 5.96. The van der Waals surface area contributed by atoms with Crippen LogP contribution in [-0.4, -0.2) is 24.2 Å². The second kappa shape index (κ2) is 7.70. The van der Waals surface area contributed by atoms with E-state index in [0.29, 0.717) is 18.4 Å². The summed E-state index contributed by atoms with van der Waals surface area (Å²) in [6, 6.07) is 0. The Morgan fingerprint density at radius 3 is 2.35 bits per heavy atom. The molecule has 0 heterocycles. The van der Waals surface area contributed by atoms with Gasteiger partial charge in [0.1, 0.15) is 0 Å². The van der Waals surface area contributed by atoms with Crippen molar-refractivity contribution >= 4 is 5.91 Å². The molecule has 0 aromatic heterocycles. The van der Waals surface area contributed by atoms with Crippen LogP contribution in [0.15, 0.2) is 0 Å². The van der Waals surface area contributed by atoms with Gasteiger partial charge in [-0.3, -0.25) is 4.79 Å². The van der Waals surface area contributed by atoms with E-state index in [-0.39, 0.29) is 17.9 Å². The van der Waals surface area contributed by atoms with Crippen molar-refractivity contribution in [2.45, 2.75) is 53.9 Å². The molecule has 2 N–H and O–H groups in total. The Kier molecular flexibility index (Phi) is 7.44. The van der Waals surface area contributed by atoms with Crippen molar-refractivity contribution in [3.63, 3.8) is 0 Å². The smallest absolute Gasteiger partial charge is 0.225 e. The molecule has 0 rings (SSSR count). The lowest BCUT2D eigenvalue weighted by Crippen LogP contribution is -2.39. The molecule has 0 saturated carbocycles. The third-order valence-electron chi connectivity index (χ3n) is 3.39. The number of carbonyl (C=O) groups is 1. The lowest BCUT2D eigenvalue weighted by atomic mass is 9.88. The number of aliphatic hydroxyl groups excluding tert-OH is 1. The van der Waals surface area contributed by atoms with Gasteiger partial charge in [0, 0.05) is 18.6 Å². The Hall–Kier alpha value is -0.570. The van der Waals surface area contributed by atoms with Crippen molar-refractivity contribution in [2.75, 3.05) is 13.2 Å². The van der Waals surface area contributed by atoms with E-state index in [1.54, 1.807) is 0 Å². The normalized spacial score (nSPS) is 13.8. The van der Waals surface area contributed by atoms with Crippen molar-refractivity contribution in [1.82, 2.24) is 5.32 Å². The Morgan fingerprint density at radius 1 is 1.35 bits per heavy atom. The first-order chi connectivity index (χ1) is 7.83. The van der Waals surface area contributed by atoms with E-state index < -0.39 is 0 Å². The van der Waals surface area contributed by atoms with E-state index in [1.165, 1.54) is 0 Å². The van der Waals surface area contributed by atoms with Gasteiger partial charge in [-0.1, -0.05) is 34.6 Å². The molecule has 3 heteroatoms. The summed E-state index contributed by atoms with van der Waals surface area (Å²) >= 11 is 0. The van der Waals surface area contributed by atoms with Crippen LogP contribution in [-0.2, 0) is 4.79 Å². The molecular formula is C14H29NO2. The van der Waals surface area contributed by atoms with Gasteiger partial charge in [0.05, 0.1) is 0 Å². The molecule has 0 fully saturated rings. The lowest BCUT2D eigenvalue weighted by Gasteiger charge is -2.24. The first-order valence-corrected chi connectivity index (χ1v) is 6.72. The number of aliphatic hydroxyl groups is 1. The maximum atomic E-state index is 11.9. The molecule has 1 amide bonds. The minimum atomic E-state index is -0.290. The topological polar surface area (TPSA) is 49.3 Å². The van der Waals surface area contributed by atoms with Crippen LogP contribution in [0.1, 0.15) is 53.9 Å². The number of amides is 1. The average molecular weight is 243 g/mol. The van der Waals surface area contributed by atoms with Crippen LogP contribution in [0, 0.1) is 17.3 Å². The molecule has 0 aliphatic heterocycles. The van der Waals surface area contributed by atoms with Crippen LogP contribution < -0.4 is 5.32 Å². The van der Waals surface area contributed by atoms with E-state index >= 15 is 0 Å². The first-order valence-electron chi connectivity index (χ1n) is 6.72. The van der Waals surface area contributed by atoms with Crippen LogP contribution in [0.3, 0.4) is 0 Å². The fourth-order valence-electron chi connectivity index (χ4n) is 1.79. The highest BCUT2D eigenvalue weighted by Gasteiger charge is 2.25. The molecule has 17 heavy (non-hydrogen) atoms. The van der Waals surface area contributed by atoms with Gasteiger partial charge in [-0.15, -0.1) is 0 Å². The number of hydrogen-bond donors (Lipinski definition) is 2. The van der Waals surface area contributed by atoms with Gasteiger partial charge in [0.2, 0.25) is 5.91 Å². The molecule has 102 valence electrons. The van der Waals surface area contributed by atoms with Gasteiger partial charge in [-0.25, -0.2) is 0 Å². The number of hydrogen-bond acceptors (Lipinski definition) is 2. The SMILES string of the molecule is CCC(C)(C)C(=O)NCC(CCO)CC(C)C. The molecular weight excluding hydrogens is 214 g/mol. The predicted octanol–water partition coefficient (Wildman–Crippen LogP) is 2.58. The molecule has 0 aliphatic rings. The largest absolute Gasteiger partial charge is 0.396 e. The standard InChI is InChI=1S/C14H29NO2/c1-6-14(4,5)13(17)15-10-12(7-8-16)9-11(2)3/h11-12,16H,6-10H2,1-5H3,(H,15,17). The fraction of sp³-hybridized carbons (Fsp3) is 0.929. The third kappa shape index (κ3) is 6.67. The fourth-order valence-corrected chi connectivity index (χ4v) is 1.79. The highest BCUT2D eigenvalue weighted by Crippen LogP contribution is 2.20. The molecule has 0 aliphatic carbocycles. The van der Waals surface area contributed by atoms with Crippen LogP contribution >= 0.6 is 0 Å². The van der Waals surface area contributed by atoms with Crippen LogP contribution in [0.2, 0.25) is 0 Å². The van der Waals surface area contributed by atoms with Gasteiger partial charge in [0.15, 0.2) is 0 Å². The quantitative estimate of drug-likeness (QED) is 0.688. The molecule has 0 saturated heterocycles. The summed E-state index contributed by atoms with van der Waals surface area (Å²) in [5.74, 6) is 1.10. The predicted molar refractivity (Wildman–Crippen MR) is 71.7 cm³/mol. The van der Waals surface area contributed by atoms with Gasteiger partial charge in [-0.05, 0) is 31.1 Å². The van der Waals surface area contributed by atoms with Crippen LogP contribution in [0.5, 0.6) is 0 Å². The molecule has 3 nitrogen and oxygen atoms in total. The summed E-state index contributed by atoms with van der Waals surface area (Å²) < 4.78 is 0. The Bertz CT molecular complexity index is 224. The zero-order valence-electron chi connectivity index (χ0n) is 12.0. The Labute approximate surface area is 106 Å². The minimum absolute atomic E-state index is 0.117. The molecule has 1 atom stereocenters. The van der Waals surface area contributed by atoms with Crippen molar-refractivity contribution in [2.24, 2.45) is 17.3 Å². The highest BCUT2D eigenvalue weighted by molar-refractivity contribution is 5.81. The zero-order valence-corrected chi connectivity index (χ0v) is 12.0. The maximum Gasteiger partial charge on any atom is 0.225 e. The summed E-state index contributed by atoms with van der Waals surface area (Å²) in [5, 5.41) is 12.0. The number of carbonyl (C=O) groups excluding carboxylic acids is 1. The van der Waals surface area contributed by atoms with Crippen molar-refractivity contribution in [1.29, 1.82) is 0 Å². The zero-order chi connectivity index (χ0) is 13.5. The number of rotatable bonds is 8. The maximum absolute atomic E-state index is 11.9. The summed E-state index contributed by atoms with van der Waals surface area (Å²) in [6.07, 6.45) is 2.66. The summed E-state index contributed by atoms with van der Waals surface area (Å²) in [7, 11) is 0. The molecule has 0 radical (unpaired) electrons. The second-order valence-electron chi connectivity index (χ2n) is 5.96. The highest BCUT2D eigenvalue weighted by atomic mass is 16.3. The lowest BCUT2D eigenvalue weighted by molar-refractivity contribution is -0.129. The third-order valence-corrected chi connectivity index (χ3v) is 3.39. The molecule has 0 aromatic carbocycles. The van der Waals surface area contributed by atoms with Crippen molar-refractivity contribution in [3.8, 4) is 0 Å². The summed E-state index contributed by atoms with van der Waals surface area (Å²) in [6.45, 7) is 11.2. The molecule has 0 bridgehead atoms. The van der Waals surface area contributed by atoms with E-state index in [2.05, 4.69) is 19.2 Å². The van der Waals surface area contributed by atoms with Crippen molar-refractivity contribution in [3.05, 3.63) is 0 Å². The van der Waals surface area contributed by atoms with Crippen molar-refractivity contribution < 1.29 is 9.90 Å². The van der Waals surface area contributed by atoms with Gasteiger partial charge < -0.3 is 10.4 Å².